The van der Waals surface area contributed by atoms with Crippen molar-refractivity contribution in [2.24, 2.45) is 0 Å². The third-order valence-corrected chi connectivity index (χ3v) is 5.24. The summed E-state index contributed by atoms with van der Waals surface area (Å²) < 4.78 is 27.4. The lowest BCUT2D eigenvalue weighted by Crippen LogP contribution is -2.33. The van der Waals surface area contributed by atoms with E-state index in [0.717, 1.165) is 17.8 Å². The molecule has 0 N–H and O–H groups in total. The first-order valence-corrected chi connectivity index (χ1v) is 8.74. The molecular formula is C17H17F2N3OS. The van der Waals surface area contributed by atoms with Crippen molar-refractivity contribution >= 4 is 17.7 Å². The lowest BCUT2D eigenvalue weighted by atomic mass is 10.1. The summed E-state index contributed by atoms with van der Waals surface area (Å²) in [4.78, 5) is 22.4. The van der Waals surface area contributed by atoms with Gasteiger partial charge in [-0.3, -0.25) is 9.78 Å². The van der Waals surface area contributed by atoms with Gasteiger partial charge in [0.25, 0.3) is 5.91 Å². The largest absolute Gasteiger partial charge is 0.336 e. The number of benzene rings is 1. The van der Waals surface area contributed by atoms with Gasteiger partial charge in [-0.05, 0) is 31.5 Å². The van der Waals surface area contributed by atoms with Gasteiger partial charge in [-0.25, -0.2) is 13.8 Å². The van der Waals surface area contributed by atoms with Crippen molar-refractivity contribution in [3.05, 3.63) is 59.2 Å². The van der Waals surface area contributed by atoms with Crippen LogP contribution in [0, 0.1) is 18.6 Å². The molecule has 1 atom stereocenters. The lowest BCUT2D eigenvalue weighted by Gasteiger charge is -2.20. The van der Waals surface area contributed by atoms with Gasteiger partial charge >= 0.3 is 0 Å². The van der Waals surface area contributed by atoms with Crippen molar-refractivity contribution in [2.75, 3.05) is 18.8 Å². The van der Waals surface area contributed by atoms with Crippen LogP contribution in [0.2, 0.25) is 0 Å². The molecule has 1 aliphatic rings. The summed E-state index contributed by atoms with van der Waals surface area (Å²) in [6.07, 6.45) is 3.60. The fourth-order valence-corrected chi connectivity index (χ4v) is 3.89. The van der Waals surface area contributed by atoms with Crippen molar-refractivity contribution < 1.29 is 13.6 Å². The number of hydrogen-bond donors (Lipinski definition) is 0. The molecule has 2 heterocycles. The summed E-state index contributed by atoms with van der Waals surface area (Å²) in [7, 11) is 0. The summed E-state index contributed by atoms with van der Waals surface area (Å²) in [5.41, 5.74) is 1.42. The van der Waals surface area contributed by atoms with E-state index >= 15 is 0 Å². The van der Waals surface area contributed by atoms with Crippen molar-refractivity contribution in [3.63, 3.8) is 0 Å². The number of hydrogen-bond acceptors (Lipinski definition) is 4. The summed E-state index contributed by atoms with van der Waals surface area (Å²) in [5.74, 6) is -0.369. The van der Waals surface area contributed by atoms with Gasteiger partial charge < -0.3 is 4.90 Å². The third kappa shape index (κ3) is 3.72. The maximum atomic E-state index is 14.0. The van der Waals surface area contributed by atoms with Gasteiger partial charge in [0.2, 0.25) is 0 Å². The Labute approximate surface area is 143 Å². The smallest absolute Gasteiger partial charge is 0.274 e. The number of rotatable bonds is 2. The fraction of sp³-hybridized carbons (Fsp3) is 0.353. The number of amides is 1. The SMILES string of the molecule is Cc1cnc(C(=O)N2CCSC(c3cc(F)ccc3F)CC2)cn1. The lowest BCUT2D eigenvalue weighted by molar-refractivity contribution is 0.0760. The molecule has 4 nitrogen and oxygen atoms in total. The molecule has 0 radical (unpaired) electrons. The standard InChI is InChI=1S/C17H17F2N3OS/c1-11-9-21-15(10-20-11)17(23)22-5-4-16(24-7-6-22)13-8-12(18)2-3-14(13)19/h2-3,8-10,16H,4-7H2,1H3. The van der Waals surface area contributed by atoms with Crippen LogP contribution in [-0.2, 0) is 0 Å². The number of nitrogens with zero attached hydrogens (tertiary/aromatic N) is 3. The van der Waals surface area contributed by atoms with Crippen LogP contribution in [0.15, 0.2) is 30.6 Å². The molecule has 0 aliphatic carbocycles. The zero-order chi connectivity index (χ0) is 17.1. The molecule has 3 rings (SSSR count). The van der Waals surface area contributed by atoms with Crippen molar-refractivity contribution in [2.45, 2.75) is 18.6 Å². The number of halogens is 2. The average Bonchev–Trinajstić information content (AvgIpc) is 2.83. The van der Waals surface area contributed by atoms with Crippen molar-refractivity contribution in [1.29, 1.82) is 0 Å². The van der Waals surface area contributed by atoms with Crippen LogP contribution in [0.5, 0.6) is 0 Å². The van der Waals surface area contributed by atoms with E-state index < -0.39 is 11.6 Å². The molecule has 0 bridgehead atoms. The highest BCUT2D eigenvalue weighted by atomic mass is 32.2. The van der Waals surface area contributed by atoms with Gasteiger partial charge in [-0.1, -0.05) is 0 Å². The number of aryl methyl sites for hydroxylation is 1. The highest BCUT2D eigenvalue weighted by Crippen LogP contribution is 2.36. The molecule has 2 aromatic rings. The summed E-state index contributed by atoms with van der Waals surface area (Å²) in [6, 6.07) is 3.52. The van der Waals surface area contributed by atoms with Crippen LogP contribution in [-0.4, -0.2) is 39.6 Å². The molecule has 0 spiro atoms. The third-order valence-electron chi connectivity index (χ3n) is 3.93. The first-order chi connectivity index (χ1) is 11.5. The molecule has 1 aromatic heterocycles. The quantitative estimate of drug-likeness (QED) is 0.834. The predicted octanol–water partition coefficient (Wildman–Crippen LogP) is 3.38. The van der Waals surface area contributed by atoms with Crippen LogP contribution in [0.1, 0.15) is 33.4 Å². The highest BCUT2D eigenvalue weighted by molar-refractivity contribution is 7.99. The predicted molar refractivity (Wildman–Crippen MR) is 88.8 cm³/mol. The Morgan fingerprint density at radius 1 is 1.25 bits per heavy atom. The van der Waals surface area contributed by atoms with Crippen LogP contribution in [0.4, 0.5) is 8.78 Å². The normalized spacial score (nSPS) is 18.3. The molecule has 7 heteroatoms. The molecule has 1 unspecified atom stereocenters. The zero-order valence-electron chi connectivity index (χ0n) is 13.2. The van der Waals surface area contributed by atoms with Crippen LogP contribution in [0.3, 0.4) is 0 Å². The number of carbonyl (C=O) groups is 1. The van der Waals surface area contributed by atoms with Crippen LogP contribution >= 0.6 is 11.8 Å². The molecular weight excluding hydrogens is 332 g/mol. The maximum absolute atomic E-state index is 14.0. The van der Waals surface area contributed by atoms with Gasteiger partial charge in [0.15, 0.2) is 0 Å². The minimum Gasteiger partial charge on any atom is -0.336 e. The first-order valence-electron chi connectivity index (χ1n) is 7.69. The minimum atomic E-state index is -0.445. The Morgan fingerprint density at radius 3 is 2.83 bits per heavy atom. The van der Waals surface area contributed by atoms with E-state index in [0.29, 0.717) is 36.5 Å². The van der Waals surface area contributed by atoms with Gasteiger partial charge in [0.05, 0.1) is 11.9 Å². The minimum absolute atomic E-state index is 0.164. The molecule has 126 valence electrons. The van der Waals surface area contributed by atoms with Gasteiger partial charge in [-0.2, -0.15) is 11.8 Å². The van der Waals surface area contributed by atoms with Gasteiger partial charge in [0.1, 0.15) is 17.3 Å². The molecule has 1 amide bonds. The van der Waals surface area contributed by atoms with E-state index in [1.807, 2.05) is 6.92 Å². The Hall–Kier alpha value is -2.02. The molecule has 1 aliphatic heterocycles. The molecule has 24 heavy (non-hydrogen) atoms. The van der Waals surface area contributed by atoms with Crippen LogP contribution < -0.4 is 0 Å². The van der Waals surface area contributed by atoms with Crippen LogP contribution in [0.25, 0.3) is 0 Å². The Morgan fingerprint density at radius 2 is 2.08 bits per heavy atom. The van der Waals surface area contributed by atoms with E-state index in [1.165, 1.54) is 12.3 Å². The Balaban J connectivity index is 1.72. The van der Waals surface area contributed by atoms with E-state index in [9.17, 15) is 13.6 Å². The second kappa shape index (κ2) is 7.25. The zero-order valence-corrected chi connectivity index (χ0v) is 14.0. The summed E-state index contributed by atoms with van der Waals surface area (Å²) >= 11 is 1.54. The second-order valence-electron chi connectivity index (χ2n) is 5.65. The second-order valence-corrected chi connectivity index (χ2v) is 6.96. The number of thioether (sulfide) groups is 1. The first kappa shape index (κ1) is 16.8. The van der Waals surface area contributed by atoms with E-state index in [4.69, 9.17) is 0 Å². The topological polar surface area (TPSA) is 46.1 Å². The molecule has 1 aromatic carbocycles. The van der Waals surface area contributed by atoms with Crippen molar-refractivity contribution in [3.8, 4) is 0 Å². The highest BCUT2D eigenvalue weighted by Gasteiger charge is 2.25. The molecule has 1 fully saturated rings. The van der Waals surface area contributed by atoms with E-state index in [1.54, 1.807) is 22.9 Å². The Kier molecular flexibility index (Phi) is 5.08. The summed E-state index contributed by atoms with van der Waals surface area (Å²) in [5, 5.41) is -0.164. The summed E-state index contributed by atoms with van der Waals surface area (Å²) in [6.45, 7) is 2.83. The van der Waals surface area contributed by atoms with Gasteiger partial charge in [0, 0.05) is 35.9 Å². The van der Waals surface area contributed by atoms with E-state index in [-0.39, 0.29) is 11.2 Å². The van der Waals surface area contributed by atoms with Gasteiger partial charge in [-0.15, -0.1) is 0 Å². The average molecular weight is 349 g/mol. The monoisotopic (exact) mass is 349 g/mol. The fourth-order valence-electron chi connectivity index (χ4n) is 2.65. The molecule has 0 saturated carbocycles. The maximum Gasteiger partial charge on any atom is 0.274 e. The number of carbonyl (C=O) groups excluding carboxylic acids is 1. The number of aromatic nitrogens is 2. The molecule has 1 saturated heterocycles. The Bertz CT molecular complexity index is 739. The van der Waals surface area contributed by atoms with E-state index in [2.05, 4.69) is 9.97 Å². The van der Waals surface area contributed by atoms with Crippen molar-refractivity contribution in [1.82, 2.24) is 14.9 Å².